The van der Waals surface area contributed by atoms with Crippen molar-refractivity contribution in [3.05, 3.63) is 42.1 Å². The molecule has 0 aliphatic rings. The first-order valence-corrected chi connectivity index (χ1v) is 13.0. The van der Waals surface area contributed by atoms with Gasteiger partial charge in [0.15, 0.2) is 5.69 Å². The highest BCUT2D eigenvalue weighted by molar-refractivity contribution is 7.99. The summed E-state index contributed by atoms with van der Waals surface area (Å²) in [5.74, 6) is -0.404. The van der Waals surface area contributed by atoms with E-state index in [2.05, 4.69) is 24.7 Å². The minimum absolute atomic E-state index is 0.314. The van der Waals surface area contributed by atoms with Crippen molar-refractivity contribution in [1.29, 1.82) is 0 Å². The van der Waals surface area contributed by atoms with Crippen LogP contribution in [0.1, 0.15) is 17.4 Å². The van der Waals surface area contributed by atoms with Gasteiger partial charge in [-0.15, -0.1) is 0 Å². The van der Waals surface area contributed by atoms with Crippen molar-refractivity contribution >= 4 is 25.8 Å². The molecule has 7 heteroatoms. The Morgan fingerprint density at radius 2 is 1.96 bits per heavy atom. The van der Waals surface area contributed by atoms with E-state index in [-0.39, 0.29) is 0 Å². The van der Waals surface area contributed by atoms with Crippen molar-refractivity contribution in [2.75, 3.05) is 13.2 Å². The quantitative estimate of drug-likeness (QED) is 0.365. The van der Waals surface area contributed by atoms with E-state index in [4.69, 9.17) is 9.47 Å². The largest absolute Gasteiger partial charge is 0.461 e. The van der Waals surface area contributed by atoms with Crippen molar-refractivity contribution in [3.63, 3.8) is 0 Å². The number of esters is 1. The predicted octanol–water partition coefficient (Wildman–Crippen LogP) is 4.52. The summed E-state index contributed by atoms with van der Waals surface area (Å²) in [7, 11) is -1.13. The van der Waals surface area contributed by atoms with Crippen molar-refractivity contribution < 1.29 is 14.3 Å². The second kappa shape index (κ2) is 9.21. The van der Waals surface area contributed by atoms with Gasteiger partial charge in [0.2, 0.25) is 0 Å². The monoisotopic (exact) mass is 378 g/mol. The average molecular weight is 379 g/mol. The summed E-state index contributed by atoms with van der Waals surface area (Å²) < 4.78 is 12.6. The summed E-state index contributed by atoms with van der Waals surface area (Å²) in [6.07, 6.45) is 0. The number of rotatable bonds is 9. The van der Waals surface area contributed by atoms with Gasteiger partial charge in [-0.05, 0) is 25.1 Å². The van der Waals surface area contributed by atoms with Gasteiger partial charge in [-0.2, -0.15) is 5.10 Å². The van der Waals surface area contributed by atoms with Crippen LogP contribution in [0.25, 0.3) is 0 Å². The van der Waals surface area contributed by atoms with E-state index in [0.717, 1.165) is 16.0 Å². The minimum atomic E-state index is -1.13. The molecular weight excluding hydrogens is 352 g/mol. The molecule has 5 nitrogen and oxygen atoms in total. The number of carbonyl (C=O) groups excluding carboxylic acids is 1. The summed E-state index contributed by atoms with van der Waals surface area (Å²) in [5, 5.41) is 5.23. The number of ether oxygens (including phenoxy) is 2. The third-order valence-electron chi connectivity index (χ3n) is 3.40. The lowest BCUT2D eigenvalue weighted by molar-refractivity contribution is 0.0509. The third-order valence-corrected chi connectivity index (χ3v) is 6.15. The summed E-state index contributed by atoms with van der Waals surface area (Å²) >= 11 is 1.56. The van der Waals surface area contributed by atoms with Gasteiger partial charge >= 0.3 is 5.97 Å². The fraction of sp³-hybridized carbons (Fsp3) is 0.444. The molecule has 1 aromatic heterocycles. The number of aromatic nitrogens is 2. The summed E-state index contributed by atoms with van der Waals surface area (Å²) in [4.78, 5) is 13.1. The van der Waals surface area contributed by atoms with Crippen LogP contribution in [0.5, 0.6) is 0 Å². The molecule has 2 rings (SSSR count). The standard InChI is InChI=1S/C18H26N2O3SSi/c1-5-23-18(21)16-13-17(24-15-9-7-6-8-10-15)20(19-16)14-22-11-12-25(2,3)4/h6-10,13H,5,11-12,14H2,1-4H3. The van der Waals surface area contributed by atoms with Gasteiger partial charge < -0.3 is 9.47 Å². The van der Waals surface area contributed by atoms with Crippen LogP contribution in [0.3, 0.4) is 0 Å². The normalized spacial score (nSPS) is 11.5. The first kappa shape index (κ1) is 19.7. The predicted molar refractivity (Wildman–Crippen MR) is 103 cm³/mol. The average Bonchev–Trinajstić information content (AvgIpc) is 2.95. The molecular formula is C18H26N2O3SSi. The molecule has 0 saturated carbocycles. The Hall–Kier alpha value is -1.57. The Bertz CT molecular complexity index is 683. The molecule has 136 valence electrons. The fourth-order valence-electron chi connectivity index (χ4n) is 2.02. The van der Waals surface area contributed by atoms with E-state index in [1.165, 1.54) is 0 Å². The number of carbonyl (C=O) groups is 1. The highest BCUT2D eigenvalue weighted by atomic mass is 32.2. The van der Waals surface area contributed by atoms with Crippen molar-refractivity contribution in [2.45, 2.75) is 49.3 Å². The molecule has 0 radical (unpaired) electrons. The number of benzene rings is 1. The van der Waals surface area contributed by atoms with Crippen molar-refractivity contribution in [3.8, 4) is 0 Å². The zero-order chi connectivity index (χ0) is 18.3. The van der Waals surface area contributed by atoms with E-state index >= 15 is 0 Å². The number of hydrogen-bond donors (Lipinski definition) is 0. The molecule has 0 bridgehead atoms. The maximum atomic E-state index is 12.0. The molecule has 0 saturated heterocycles. The van der Waals surface area contributed by atoms with Gasteiger partial charge in [0.05, 0.1) is 6.61 Å². The van der Waals surface area contributed by atoms with Gasteiger partial charge in [-0.1, -0.05) is 49.6 Å². The first-order chi connectivity index (χ1) is 11.9. The molecule has 0 aliphatic carbocycles. The van der Waals surface area contributed by atoms with Crippen LogP contribution in [0, 0.1) is 0 Å². The van der Waals surface area contributed by atoms with E-state index in [9.17, 15) is 4.79 Å². The molecule has 0 aliphatic heterocycles. The smallest absolute Gasteiger partial charge is 0.358 e. The fourth-order valence-corrected chi connectivity index (χ4v) is 3.68. The molecule has 0 atom stereocenters. The van der Waals surface area contributed by atoms with Crippen LogP contribution in [-0.2, 0) is 16.2 Å². The number of nitrogens with zero attached hydrogens (tertiary/aromatic N) is 2. The van der Waals surface area contributed by atoms with E-state index in [1.807, 2.05) is 30.3 Å². The van der Waals surface area contributed by atoms with Crippen LogP contribution < -0.4 is 0 Å². The summed E-state index contributed by atoms with van der Waals surface area (Å²) in [6.45, 7) is 10.1. The molecule has 2 aromatic rings. The van der Waals surface area contributed by atoms with E-state index in [1.54, 1.807) is 29.4 Å². The van der Waals surface area contributed by atoms with Crippen LogP contribution in [0.15, 0.2) is 46.3 Å². The van der Waals surface area contributed by atoms with Crippen molar-refractivity contribution in [2.24, 2.45) is 0 Å². The molecule has 0 spiro atoms. The maximum Gasteiger partial charge on any atom is 0.358 e. The third kappa shape index (κ3) is 6.68. The summed E-state index contributed by atoms with van der Waals surface area (Å²) in [6, 6.07) is 12.9. The highest BCUT2D eigenvalue weighted by Crippen LogP contribution is 2.28. The highest BCUT2D eigenvalue weighted by Gasteiger charge is 2.17. The molecule has 0 fully saturated rings. The van der Waals surface area contributed by atoms with Gasteiger partial charge in [0.25, 0.3) is 0 Å². The zero-order valence-corrected chi connectivity index (χ0v) is 17.1. The van der Waals surface area contributed by atoms with Gasteiger partial charge in [-0.25, -0.2) is 9.48 Å². The zero-order valence-electron chi connectivity index (χ0n) is 15.3. The maximum absolute atomic E-state index is 12.0. The Morgan fingerprint density at radius 3 is 2.60 bits per heavy atom. The molecule has 1 aromatic carbocycles. The second-order valence-electron chi connectivity index (χ2n) is 6.85. The van der Waals surface area contributed by atoms with Crippen LogP contribution in [0.4, 0.5) is 0 Å². The second-order valence-corrected chi connectivity index (χ2v) is 13.6. The first-order valence-electron chi connectivity index (χ1n) is 8.44. The van der Waals surface area contributed by atoms with Crippen LogP contribution in [0.2, 0.25) is 25.7 Å². The SMILES string of the molecule is CCOC(=O)c1cc(Sc2ccccc2)n(COCC[Si](C)(C)C)n1. The van der Waals surface area contributed by atoms with Crippen molar-refractivity contribution in [1.82, 2.24) is 9.78 Å². The lowest BCUT2D eigenvalue weighted by Gasteiger charge is -2.15. The lowest BCUT2D eigenvalue weighted by atomic mass is 10.4. The van der Waals surface area contributed by atoms with E-state index in [0.29, 0.717) is 25.6 Å². The lowest BCUT2D eigenvalue weighted by Crippen LogP contribution is -2.22. The van der Waals surface area contributed by atoms with Gasteiger partial charge in [0.1, 0.15) is 11.8 Å². The van der Waals surface area contributed by atoms with Crippen LogP contribution >= 0.6 is 11.8 Å². The molecule has 0 N–H and O–H groups in total. The Morgan fingerprint density at radius 1 is 1.24 bits per heavy atom. The van der Waals surface area contributed by atoms with Gasteiger partial charge in [0, 0.05) is 25.6 Å². The summed E-state index contributed by atoms with van der Waals surface area (Å²) in [5.41, 5.74) is 0.314. The van der Waals surface area contributed by atoms with E-state index < -0.39 is 14.0 Å². The molecule has 1 heterocycles. The molecule has 0 amide bonds. The minimum Gasteiger partial charge on any atom is -0.461 e. The molecule has 0 unspecified atom stereocenters. The molecule has 25 heavy (non-hydrogen) atoms. The Kier molecular flexibility index (Phi) is 7.28. The Balaban J connectivity index is 2.10. The van der Waals surface area contributed by atoms with Crippen LogP contribution in [-0.4, -0.2) is 37.0 Å². The topological polar surface area (TPSA) is 53.4 Å². The Labute approximate surface area is 154 Å². The van der Waals surface area contributed by atoms with Gasteiger partial charge in [-0.3, -0.25) is 0 Å². The number of hydrogen-bond acceptors (Lipinski definition) is 5.